The molecule has 0 N–H and O–H groups in total. The Hall–Kier alpha value is -1.83. The van der Waals surface area contributed by atoms with Gasteiger partial charge in [0, 0.05) is 5.57 Å². The van der Waals surface area contributed by atoms with Crippen LogP contribution in [0.25, 0.3) is 0 Å². The number of hydrogen-bond acceptors (Lipinski definition) is 2. The van der Waals surface area contributed by atoms with Crippen LogP contribution in [0.5, 0.6) is 0 Å². The summed E-state index contributed by atoms with van der Waals surface area (Å²) in [5.74, 6) is -0.431. The molecule has 1 aromatic carbocycles. The Morgan fingerprint density at radius 2 is 1.50 bits per heavy atom. The standard InChI is InChI=1S/C6H8O2.C6H6/c1-4-8-6(7)5(2)3;1-2-4-6-5-3-1/h4H,1-2H2,3H3;1-6H. The molecular formula is C12H14O2. The van der Waals surface area contributed by atoms with E-state index in [1.54, 1.807) is 6.92 Å². The maximum Gasteiger partial charge on any atom is 0.337 e. The number of esters is 1. The van der Waals surface area contributed by atoms with Gasteiger partial charge in [-0.3, -0.25) is 0 Å². The van der Waals surface area contributed by atoms with Crippen LogP contribution in [0.15, 0.2) is 61.4 Å². The minimum atomic E-state index is -0.431. The van der Waals surface area contributed by atoms with Crippen LogP contribution in [0, 0.1) is 0 Å². The van der Waals surface area contributed by atoms with Gasteiger partial charge in [0.2, 0.25) is 0 Å². The highest BCUT2D eigenvalue weighted by atomic mass is 16.5. The first kappa shape index (κ1) is 12.2. The zero-order valence-corrected chi connectivity index (χ0v) is 8.27. The lowest BCUT2D eigenvalue weighted by Crippen LogP contribution is -1.98. The minimum absolute atomic E-state index is 0.380. The fourth-order valence-corrected chi connectivity index (χ4v) is 0.561. The molecule has 0 aliphatic carbocycles. The van der Waals surface area contributed by atoms with Gasteiger partial charge in [0.05, 0.1) is 6.26 Å². The number of rotatable bonds is 2. The summed E-state index contributed by atoms with van der Waals surface area (Å²) in [4.78, 5) is 10.3. The topological polar surface area (TPSA) is 26.3 Å². The highest BCUT2D eigenvalue weighted by molar-refractivity contribution is 5.87. The monoisotopic (exact) mass is 190 g/mol. The Labute approximate surface area is 84.5 Å². The van der Waals surface area contributed by atoms with E-state index in [0.29, 0.717) is 5.57 Å². The van der Waals surface area contributed by atoms with Crippen molar-refractivity contribution >= 4 is 5.97 Å². The molecule has 2 heteroatoms. The molecule has 0 saturated carbocycles. The van der Waals surface area contributed by atoms with Crippen molar-refractivity contribution in [2.75, 3.05) is 0 Å². The average Bonchev–Trinajstić information content (AvgIpc) is 2.21. The Morgan fingerprint density at radius 3 is 1.64 bits per heavy atom. The number of carbonyl (C=O) groups excluding carboxylic acids is 1. The molecule has 0 atom stereocenters. The van der Waals surface area contributed by atoms with Crippen LogP contribution in [0.4, 0.5) is 0 Å². The van der Waals surface area contributed by atoms with E-state index in [2.05, 4.69) is 17.9 Å². The molecule has 0 saturated heterocycles. The summed E-state index contributed by atoms with van der Waals surface area (Å²) in [5, 5.41) is 0. The van der Waals surface area contributed by atoms with Crippen LogP contribution >= 0.6 is 0 Å². The summed E-state index contributed by atoms with van der Waals surface area (Å²) in [6.07, 6.45) is 1.08. The Kier molecular flexibility index (Phi) is 6.78. The summed E-state index contributed by atoms with van der Waals surface area (Å²) in [7, 11) is 0. The number of hydrogen-bond donors (Lipinski definition) is 0. The number of ether oxygens (including phenoxy) is 1. The van der Waals surface area contributed by atoms with Crippen LogP contribution in [0.2, 0.25) is 0 Å². The van der Waals surface area contributed by atoms with Crippen LogP contribution < -0.4 is 0 Å². The lowest BCUT2D eigenvalue weighted by atomic mass is 10.4. The molecule has 0 radical (unpaired) electrons. The summed E-state index contributed by atoms with van der Waals surface area (Å²) in [6, 6.07) is 12.0. The lowest BCUT2D eigenvalue weighted by Gasteiger charge is -1.92. The molecule has 0 bridgehead atoms. The van der Waals surface area contributed by atoms with E-state index in [-0.39, 0.29) is 0 Å². The maximum atomic E-state index is 10.3. The predicted molar refractivity (Wildman–Crippen MR) is 57.5 cm³/mol. The normalized spacial score (nSPS) is 7.79. The first-order valence-corrected chi connectivity index (χ1v) is 4.16. The highest BCUT2D eigenvalue weighted by Crippen LogP contribution is 1.90. The second-order valence-electron chi connectivity index (χ2n) is 2.51. The molecule has 0 aliphatic heterocycles. The van der Waals surface area contributed by atoms with E-state index in [1.165, 1.54) is 0 Å². The summed E-state index contributed by atoms with van der Waals surface area (Å²) in [5.41, 5.74) is 0.380. The molecule has 74 valence electrons. The third kappa shape index (κ3) is 6.85. The van der Waals surface area contributed by atoms with Crippen molar-refractivity contribution in [3.8, 4) is 0 Å². The van der Waals surface area contributed by atoms with Crippen molar-refractivity contribution in [3.05, 3.63) is 61.4 Å². The smallest absolute Gasteiger partial charge is 0.337 e. The first-order valence-electron chi connectivity index (χ1n) is 4.16. The zero-order chi connectivity index (χ0) is 10.8. The van der Waals surface area contributed by atoms with Gasteiger partial charge in [-0.2, -0.15) is 0 Å². The predicted octanol–water partition coefficient (Wildman–Crippen LogP) is 2.94. The Balaban J connectivity index is 0.000000249. The summed E-state index contributed by atoms with van der Waals surface area (Å²) < 4.78 is 4.33. The Morgan fingerprint density at radius 1 is 1.14 bits per heavy atom. The minimum Gasteiger partial charge on any atom is -0.432 e. The van der Waals surface area contributed by atoms with Gasteiger partial charge in [0.1, 0.15) is 0 Å². The van der Waals surface area contributed by atoms with Gasteiger partial charge in [0.25, 0.3) is 0 Å². The molecule has 14 heavy (non-hydrogen) atoms. The van der Waals surface area contributed by atoms with Gasteiger partial charge < -0.3 is 4.74 Å². The van der Waals surface area contributed by atoms with E-state index in [4.69, 9.17) is 0 Å². The fraction of sp³-hybridized carbons (Fsp3) is 0.0833. The molecule has 1 rings (SSSR count). The number of benzene rings is 1. The van der Waals surface area contributed by atoms with Crippen LogP contribution in [-0.2, 0) is 9.53 Å². The third-order valence-corrected chi connectivity index (χ3v) is 1.21. The number of carbonyl (C=O) groups is 1. The maximum absolute atomic E-state index is 10.3. The summed E-state index contributed by atoms with van der Waals surface area (Å²) in [6.45, 7) is 8.13. The molecular weight excluding hydrogens is 176 g/mol. The molecule has 2 nitrogen and oxygen atoms in total. The quantitative estimate of drug-likeness (QED) is 0.407. The van der Waals surface area contributed by atoms with E-state index in [1.807, 2.05) is 36.4 Å². The average molecular weight is 190 g/mol. The van der Waals surface area contributed by atoms with Gasteiger partial charge in [0.15, 0.2) is 0 Å². The molecule has 0 aliphatic rings. The van der Waals surface area contributed by atoms with Crippen molar-refractivity contribution in [1.82, 2.24) is 0 Å². The SMILES string of the molecule is C=COC(=O)C(=C)C.c1ccccc1. The van der Waals surface area contributed by atoms with Crippen LogP contribution in [-0.4, -0.2) is 5.97 Å². The van der Waals surface area contributed by atoms with Crippen molar-refractivity contribution in [2.24, 2.45) is 0 Å². The first-order chi connectivity index (χ1) is 6.68. The van der Waals surface area contributed by atoms with Crippen molar-refractivity contribution < 1.29 is 9.53 Å². The second kappa shape index (κ2) is 7.80. The largest absolute Gasteiger partial charge is 0.432 e. The molecule has 0 heterocycles. The van der Waals surface area contributed by atoms with Gasteiger partial charge in [-0.1, -0.05) is 49.6 Å². The van der Waals surface area contributed by atoms with Crippen molar-refractivity contribution in [3.63, 3.8) is 0 Å². The van der Waals surface area contributed by atoms with Gasteiger partial charge in [-0.05, 0) is 6.92 Å². The van der Waals surface area contributed by atoms with Crippen molar-refractivity contribution in [1.29, 1.82) is 0 Å². The highest BCUT2D eigenvalue weighted by Gasteiger charge is 1.97. The second-order valence-corrected chi connectivity index (χ2v) is 2.51. The van der Waals surface area contributed by atoms with Gasteiger partial charge in [-0.25, -0.2) is 4.79 Å². The molecule has 0 spiro atoms. The van der Waals surface area contributed by atoms with Gasteiger partial charge in [-0.15, -0.1) is 0 Å². The molecule has 0 aromatic heterocycles. The van der Waals surface area contributed by atoms with E-state index < -0.39 is 5.97 Å². The fourth-order valence-electron chi connectivity index (χ4n) is 0.561. The third-order valence-electron chi connectivity index (χ3n) is 1.21. The van der Waals surface area contributed by atoms with E-state index >= 15 is 0 Å². The Bertz CT molecular complexity index is 262. The van der Waals surface area contributed by atoms with E-state index in [9.17, 15) is 4.79 Å². The molecule has 0 unspecified atom stereocenters. The lowest BCUT2D eigenvalue weighted by molar-refractivity contribution is -0.133. The van der Waals surface area contributed by atoms with Crippen LogP contribution in [0.3, 0.4) is 0 Å². The van der Waals surface area contributed by atoms with Crippen molar-refractivity contribution in [2.45, 2.75) is 6.92 Å². The zero-order valence-electron chi connectivity index (χ0n) is 8.27. The van der Waals surface area contributed by atoms with Gasteiger partial charge >= 0.3 is 5.97 Å². The molecule has 0 amide bonds. The van der Waals surface area contributed by atoms with E-state index in [0.717, 1.165) is 6.26 Å². The molecule has 0 fully saturated rings. The summed E-state index contributed by atoms with van der Waals surface area (Å²) >= 11 is 0. The molecule has 1 aromatic rings. The van der Waals surface area contributed by atoms with Crippen LogP contribution in [0.1, 0.15) is 6.92 Å².